The molecule has 6 nitrogen and oxygen atoms in total. The molecule has 0 bridgehead atoms. The second kappa shape index (κ2) is 7.67. The number of aromatic nitrogens is 2. The highest BCUT2D eigenvalue weighted by Gasteiger charge is 2.09. The minimum Gasteiger partial charge on any atom is -0.368 e. The van der Waals surface area contributed by atoms with Crippen molar-refractivity contribution in [1.82, 2.24) is 15.3 Å². The summed E-state index contributed by atoms with van der Waals surface area (Å²) in [6, 6.07) is 4.83. The summed E-state index contributed by atoms with van der Waals surface area (Å²) in [5, 5.41) is 5.70. The summed E-state index contributed by atoms with van der Waals surface area (Å²) in [4.78, 5) is 22.3. The van der Waals surface area contributed by atoms with Gasteiger partial charge in [0.1, 0.15) is 17.5 Å². The Morgan fingerprint density at radius 3 is 2.54 bits per heavy atom. The highest BCUT2D eigenvalue weighted by molar-refractivity contribution is 5.94. The molecule has 1 aromatic heterocycles. The van der Waals surface area contributed by atoms with Crippen molar-refractivity contribution >= 4 is 17.5 Å². The molecule has 1 heterocycles. The second-order valence-corrected chi connectivity index (χ2v) is 5.36. The van der Waals surface area contributed by atoms with Crippen LogP contribution >= 0.6 is 0 Å². The predicted octanol–water partition coefficient (Wildman–Crippen LogP) is 1.97. The zero-order valence-electron chi connectivity index (χ0n) is 13.7. The summed E-state index contributed by atoms with van der Waals surface area (Å²) in [5.41, 5.74) is 0.0710. The van der Waals surface area contributed by atoms with E-state index in [1.165, 1.54) is 6.07 Å². The van der Waals surface area contributed by atoms with Gasteiger partial charge in [-0.15, -0.1) is 0 Å². The topological polar surface area (TPSA) is 70.2 Å². The number of rotatable bonds is 6. The van der Waals surface area contributed by atoms with Crippen LogP contribution in [0.3, 0.4) is 0 Å². The van der Waals surface area contributed by atoms with Crippen LogP contribution in [0, 0.1) is 18.6 Å². The zero-order chi connectivity index (χ0) is 17.7. The van der Waals surface area contributed by atoms with Gasteiger partial charge in [0.05, 0.1) is 0 Å². The number of halogens is 2. The van der Waals surface area contributed by atoms with Gasteiger partial charge in [0.25, 0.3) is 5.91 Å². The zero-order valence-corrected chi connectivity index (χ0v) is 13.7. The lowest BCUT2D eigenvalue weighted by Crippen LogP contribution is -2.29. The molecule has 0 fully saturated rings. The predicted molar refractivity (Wildman–Crippen MR) is 88.3 cm³/mol. The van der Waals surface area contributed by atoms with E-state index < -0.39 is 17.5 Å². The third-order valence-electron chi connectivity index (χ3n) is 3.18. The molecular weight excluding hydrogens is 316 g/mol. The van der Waals surface area contributed by atoms with E-state index in [1.54, 1.807) is 13.0 Å². The molecule has 0 saturated heterocycles. The summed E-state index contributed by atoms with van der Waals surface area (Å²) in [6.45, 7) is 2.53. The lowest BCUT2D eigenvalue weighted by molar-refractivity contribution is 0.0954. The van der Waals surface area contributed by atoms with Crippen molar-refractivity contribution < 1.29 is 13.6 Å². The van der Waals surface area contributed by atoms with Crippen LogP contribution < -0.4 is 15.5 Å². The molecule has 0 radical (unpaired) electrons. The molecule has 0 unspecified atom stereocenters. The van der Waals surface area contributed by atoms with Crippen molar-refractivity contribution in [3.8, 4) is 0 Å². The molecule has 2 N–H and O–H groups in total. The maximum absolute atomic E-state index is 13.1. The molecule has 1 aromatic carbocycles. The van der Waals surface area contributed by atoms with Crippen molar-refractivity contribution in [3.63, 3.8) is 0 Å². The minimum absolute atomic E-state index is 0.0710. The van der Waals surface area contributed by atoms with Crippen LogP contribution in [-0.4, -0.2) is 43.1 Å². The first kappa shape index (κ1) is 17.6. The van der Waals surface area contributed by atoms with E-state index in [0.717, 1.165) is 18.0 Å². The lowest BCUT2D eigenvalue weighted by atomic mass is 10.2. The number of carbonyl (C=O) groups excluding carboxylic acids is 1. The third-order valence-corrected chi connectivity index (χ3v) is 3.18. The molecule has 0 atom stereocenters. The minimum atomic E-state index is -1.05. The first-order valence-electron chi connectivity index (χ1n) is 7.37. The molecule has 0 saturated carbocycles. The summed E-state index contributed by atoms with van der Waals surface area (Å²) >= 11 is 0. The Hall–Kier alpha value is -2.77. The van der Waals surface area contributed by atoms with Gasteiger partial charge >= 0.3 is 0 Å². The number of nitrogens with one attached hydrogen (secondary N) is 2. The highest BCUT2D eigenvalue weighted by Crippen LogP contribution is 2.13. The quantitative estimate of drug-likeness (QED) is 0.790. The van der Waals surface area contributed by atoms with Gasteiger partial charge in [-0.2, -0.15) is 0 Å². The van der Waals surface area contributed by atoms with Crippen molar-refractivity contribution in [2.45, 2.75) is 6.92 Å². The fourth-order valence-corrected chi connectivity index (χ4v) is 1.98. The molecule has 0 aliphatic heterocycles. The van der Waals surface area contributed by atoms with E-state index in [4.69, 9.17) is 0 Å². The average molecular weight is 335 g/mol. The number of hydrogen-bond acceptors (Lipinski definition) is 5. The number of carbonyl (C=O) groups is 1. The van der Waals surface area contributed by atoms with Crippen LogP contribution in [-0.2, 0) is 0 Å². The molecule has 0 aliphatic carbocycles. The first-order valence-corrected chi connectivity index (χ1v) is 7.37. The van der Waals surface area contributed by atoms with E-state index in [0.29, 0.717) is 24.7 Å². The largest absolute Gasteiger partial charge is 0.368 e. The van der Waals surface area contributed by atoms with Crippen molar-refractivity contribution in [2.75, 3.05) is 37.4 Å². The standard InChI is InChI=1S/C16H19F2N5O/c1-10-21-14(9-15(22-10)23(2)3)19-6-7-20-16(24)11-4-5-12(17)13(18)8-11/h4-5,8-9H,6-7H2,1-3H3,(H,20,24)(H,19,21,22). The summed E-state index contributed by atoms with van der Waals surface area (Å²) < 4.78 is 26.0. The Balaban J connectivity index is 1.86. The smallest absolute Gasteiger partial charge is 0.251 e. The van der Waals surface area contributed by atoms with Crippen molar-refractivity contribution in [3.05, 3.63) is 47.3 Å². The maximum atomic E-state index is 13.1. The average Bonchev–Trinajstić information content (AvgIpc) is 2.53. The number of aryl methyl sites for hydroxylation is 1. The van der Waals surface area contributed by atoms with Crippen LogP contribution in [0.1, 0.15) is 16.2 Å². The number of benzene rings is 1. The molecule has 8 heteroatoms. The van der Waals surface area contributed by atoms with Gasteiger partial charge in [-0.05, 0) is 25.1 Å². The molecule has 2 aromatic rings. The number of anilines is 2. The van der Waals surface area contributed by atoms with Gasteiger partial charge in [0.2, 0.25) is 0 Å². The Kier molecular flexibility index (Phi) is 5.62. The van der Waals surface area contributed by atoms with Gasteiger partial charge in [-0.3, -0.25) is 4.79 Å². The van der Waals surface area contributed by atoms with Crippen molar-refractivity contribution in [1.29, 1.82) is 0 Å². The molecule has 128 valence electrons. The summed E-state index contributed by atoms with van der Waals surface area (Å²) in [6.07, 6.45) is 0. The normalized spacial score (nSPS) is 10.4. The Morgan fingerprint density at radius 1 is 1.12 bits per heavy atom. The molecule has 0 spiro atoms. The maximum Gasteiger partial charge on any atom is 0.251 e. The fourth-order valence-electron chi connectivity index (χ4n) is 1.98. The second-order valence-electron chi connectivity index (χ2n) is 5.36. The number of hydrogen-bond donors (Lipinski definition) is 2. The molecule has 2 rings (SSSR count). The molecule has 1 amide bonds. The molecular formula is C16H19F2N5O. The van der Waals surface area contributed by atoms with Crippen molar-refractivity contribution in [2.24, 2.45) is 0 Å². The van der Waals surface area contributed by atoms with Crippen LogP contribution in [0.2, 0.25) is 0 Å². The molecule has 24 heavy (non-hydrogen) atoms. The number of amides is 1. The van der Waals surface area contributed by atoms with Crippen LogP contribution in [0.15, 0.2) is 24.3 Å². The van der Waals surface area contributed by atoms with E-state index in [2.05, 4.69) is 20.6 Å². The van der Waals surface area contributed by atoms with Crippen LogP contribution in [0.5, 0.6) is 0 Å². The van der Waals surface area contributed by atoms with E-state index in [9.17, 15) is 13.6 Å². The Labute approximate surface area is 138 Å². The van der Waals surface area contributed by atoms with E-state index in [-0.39, 0.29) is 5.56 Å². The van der Waals surface area contributed by atoms with E-state index in [1.807, 2.05) is 19.0 Å². The highest BCUT2D eigenvalue weighted by atomic mass is 19.2. The van der Waals surface area contributed by atoms with Gasteiger partial charge in [-0.1, -0.05) is 0 Å². The molecule has 0 aliphatic rings. The van der Waals surface area contributed by atoms with E-state index >= 15 is 0 Å². The van der Waals surface area contributed by atoms with Crippen LogP contribution in [0.25, 0.3) is 0 Å². The monoisotopic (exact) mass is 335 g/mol. The van der Waals surface area contributed by atoms with Crippen LogP contribution in [0.4, 0.5) is 20.4 Å². The van der Waals surface area contributed by atoms with Gasteiger partial charge < -0.3 is 15.5 Å². The number of nitrogens with zero attached hydrogens (tertiary/aromatic N) is 3. The third kappa shape index (κ3) is 4.61. The summed E-state index contributed by atoms with van der Waals surface area (Å²) in [7, 11) is 3.77. The van der Waals surface area contributed by atoms with Gasteiger partial charge in [0.15, 0.2) is 11.6 Å². The first-order chi connectivity index (χ1) is 11.4. The Morgan fingerprint density at radius 2 is 1.88 bits per heavy atom. The summed E-state index contributed by atoms with van der Waals surface area (Å²) in [5.74, 6) is -0.445. The van der Waals surface area contributed by atoms with Gasteiger partial charge in [-0.25, -0.2) is 18.7 Å². The Bertz CT molecular complexity index is 736. The lowest BCUT2D eigenvalue weighted by Gasteiger charge is -2.14. The fraction of sp³-hybridized carbons (Fsp3) is 0.312. The SMILES string of the molecule is Cc1nc(NCCNC(=O)c2ccc(F)c(F)c2)cc(N(C)C)n1. The van der Waals surface area contributed by atoms with Gasteiger partial charge in [0, 0.05) is 38.8 Å².